The fourth-order valence-electron chi connectivity index (χ4n) is 0.262. The SMILES string of the molecule is OCc1ncon1. The average Bonchev–Trinajstić information content (AvgIpc) is 2.14. The van der Waals surface area contributed by atoms with Crippen LogP contribution in [0.2, 0.25) is 0 Å². The number of hydrogen-bond acceptors (Lipinski definition) is 4. The van der Waals surface area contributed by atoms with Crippen molar-refractivity contribution in [1.29, 1.82) is 0 Å². The zero-order valence-electron chi connectivity index (χ0n) is 3.53. The largest absolute Gasteiger partial charge is 0.388 e. The minimum atomic E-state index is -0.156. The zero-order valence-corrected chi connectivity index (χ0v) is 3.53. The number of nitrogens with zero attached hydrogens (tertiary/aromatic N) is 2. The second kappa shape index (κ2) is 1.70. The third kappa shape index (κ3) is 0.747. The highest BCUT2D eigenvalue weighted by Crippen LogP contribution is 1.83. The van der Waals surface area contributed by atoms with Crippen LogP contribution in [0.3, 0.4) is 0 Å². The fraction of sp³-hybridized carbons (Fsp3) is 0.333. The molecule has 0 amide bonds. The van der Waals surface area contributed by atoms with Gasteiger partial charge in [-0.15, -0.1) is 0 Å². The van der Waals surface area contributed by atoms with Gasteiger partial charge in [-0.1, -0.05) is 5.16 Å². The van der Waals surface area contributed by atoms with E-state index in [4.69, 9.17) is 5.11 Å². The van der Waals surface area contributed by atoms with Crippen molar-refractivity contribution in [3.8, 4) is 0 Å². The summed E-state index contributed by atoms with van der Waals surface area (Å²) >= 11 is 0. The molecule has 1 N–H and O–H groups in total. The van der Waals surface area contributed by atoms with Gasteiger partial charge in [0.2, 0.25) is 6.39 Å². The summed E-state index contributed by atoms with van der Waals surface area (Å²) in [4.78, 5) is 3.51. The summed E-state index contributed by atoms with van der Waals surface area (Å²) in [5.74, 6) is 0.319. The third-order valence-electron chi connectivity index (χ3n) is 0.548. The lowest BCUT2D eigenvalue weighted by atomic mass is 10.7. The van der Waals surface area contributed by atoms with Crippen LogP contribution in [0.4, 0.5) is 0 Å². The van der Waals surface area contributed by atoms with Gasteiger partial charge < -0.3 is 9.63 Å². The molecule has 0 bridgehead atoms. The van der Waals surface area contributed by atoms with Crippen molar-refractivity contribution in [3.63, 3.8) is 0 Å². The molecule has 7 heavy (non-hydrogen) atoms. The molecule has 0 atom stereocenters. The summed E-state index contributed by atoms with van der Waals surface area (Å²) in [5, 5.41) is 11.5. The van der Waals surface area contributed by atoms with Crippen molar-refractivity contribution in [3.05, 3.63) is 12.2 Å². The predicted molar refractivity (Wildman–Crippen MR) is 20.2 cm³/mol. The molecule has 38 valence electrons. The van der Waals surface area contributed by atoms with E-state index in [0.717, 1.165) is 0 Å². The first kappa shape index (κ1) is 4.26. The van der Waals surface area contributed by atoms with E-state index in [-0.39, 0.29) is 6.61 Å². The molecule has 1 aromatic rings. The van der Waals surface area contributed by atoms with Gasteiger partial charge >= 0.3 is 0 Å². The molecular weight excluding hydrogens is 96.0 g/mol. The monoisotopic (exact) mass is 100 g/mol. The Labute approximate surface area is 39.8 Å². The van der Waals surface area contributed by atoms with Crippen LogP contribution in [-0.4, -0.2) is 15.2 Å². The lowest BCUT2D eigenvalue weighted by molar-refractivity contribution is 0.263. The fourth-order valence-corrected chi connectivity index (χ4v) is 0.262. The maximum atomic E-state index is 8.24. The molecule has 0 spiro atoms. The molecule has 4 heteroatoms. The number of aromatic nitrogens is 2. The molecule has 0 aliphatic carbocycles. The second-order valence-corrected chi connectivity index (χ2v) is 1.01. The molecule has 0 aliphatic heterocycles. The Kier molecular flexibility index (Phi) is 1.04. The van der Waals surface area contributed by atoms with Crippen molar-refractivity contribution in [2.24, 2.45) is 0 Å². The van der Waals surface area contributed by atoms with Crippen molar-refractivity contribution in [1.82, 2.24) is 10.1 Å². The highest BCUT2D eigenvalue weighted by Gasteiger charge is 1.89. The van der Waals surface area contributed by atoms with E-state index in [1.807, 2.05) is 0 Å². The maximum absolute atomic E-state index is 8.24. The Bertz CT molecular complexity index is 125. The van der Waals surface area contributed by atoms with Gasteiger partial charge in [0.1, 0.15) is 6.61 Å². The summed E-state index contributed by atoms with van der Waals surface area (Å²) in [6, 6.07) is 0. The lowest BCUT2D eigenvalue weighted by Crippen LogP contribution is -1.82. The van der Waals surface area contributed by atoms with Crippen LogP contribution >= 0.6 is 0 Å². The van der Waals surface area contributed by atoms with Crippen molar-refractivity contribution in [2.75, 3.05) is 0 Å². The first-order valence-electron chi connectivity index (χ1n) is 1.79. The molecule has 0 saturated carbocycles. The molecule has 4 nitrogen and oxygen atoms in total. The maximum Gasteiger partial charge on any atom is 0.213 e. The summed E-state index contributed by atoms with van der Waals surface area (Å²) in [6.07, 6.45) is 1.17. The van der Waals surface area contributed by atoms with Gasteiger partial charge in [-0.3, -0.25) is 0 Å². The average molecular weight is 100 g/mol. The third-order valence-corrected chi connectivity index (χ3v) is 0.548. The van der Waals surface area contributed by atoms with Crippen LogP contribution in [0.1, 0.15) is 5.82 Å². The summed E-state index contributed by atoms with van der Waals surface area (Å²) in [7, 11) is 0. The standard InChI is InChI=1S/C3H4N2O2/c6-1-3-4-2-7-5-3/h2,6H,1H2. The quantitative estimate of drug-likeness (QED) is 0.519. The first-order chi connectivity index (χ1) is 3.43. The van der Waals surface area contributed by atoms with Gasteiger partial charge in [0, 0.05) is 0 Å². The van der Waals surface area contributed by atoms with Gasteiger partial charge in [-0.25, -0.2) is 0 Å². The molecule has 0 unspecified atom stereocenters. The number of rotatable bonds is 1. The van der Waals surface area contributed by atoms with Gasteiger partial charge in [-0.05, 0) is 0 Å². The highest BCUT2D eigenvalue weighted by molar-refractivity contribution is 4.70. The molecule has 0 fully saturated rings. The Morgan fingerprint density at radius 1 is 1.86 bits per heavy atom. The van der Waals surface area contributed by atoms with E-state index >= 15 is 0 Å². The molecule has 1 aromatic heterocycles. The van der Waals surface area contributed by atoms with Crippen LogP contribution in [0.15, 0.2) is 10.9 Å². The molecule has 0 radical (unpaired) electrons. The first-order valence-corrected chi connectivity index (χ1v) is 1.79. The molecule has 0 saturated heterocycles. The van der Waals surface area contributed by atoms with E-state index in [1.165, 1.54) is 6.39 Å². The molecule has 1 rings (SSSR count). The highest BCUT2D eigenvalue weighted by atomic mass is 16.5. The molecule has 0 aromatic carbocycles. The van der Waals surface area contributed by atoms with E-state index in [1.54, 1.807) is 0 Å². The molecular formula is C3H4N2O2. The van der Waals surface area contributed by atoms with Crippen molar-refractivity contribution >= 4 is 0 Å². The van der Waals surface area contributed by atoms with E-state index in [9.17, 15) is 0 Å². The van der Waals surface area contributed by atoms with Crippen LogP contribution < -0.4 is 0 Å². The van der Waals surface area contributed by atoms with Crippen molar-refractivity contribution < 1.29 is 9.63 Å². The predicted octanol–water partition coefficient (Wildman–Crippen LogP) is -0.438. The van der Waals surface area contributed by atoms with Gasteiger partial charge in [0.05, 0.1) is 0 Å². The van der Waals surface area contributed by atoms with Crippen molar-refractivity contribution in [2.45, 2.75) is 6.61 Å². The Hall–Kier alpha value is -0.900. The second-order valence-electron chi connectivity index (χ2n) is 1.01. The minimum Gasteiger partial charge on any atom is -0.388 e. The van der Waals surface area contributed by atoms with Gasteiger partial charge in [-0.2, -0.15) is 4.98 Å². The lowest BCUT2D eigenvalue weighted by Gasteiger charge is -1.73. The van der Waals surface area contributed by atoms with Crippen LogP contribution in [0.5, 0.6) is 0 Å². The smallest absolute Gasteiger partial charge is 0.213 e. The van der Waals surface area contributed by atoms with Crippen LogP contribution in [0.25, 0.3) is 0 Å². The normalized spacial score (nSPS) is 9.29. The minimum absolute atomic E-state index is 0.156. The summed E-state index contributed by atoms with van der Waals surface area (Å²) in [6.45, 7) is -0.156. The van der Waals surface area contributed by atoms with Gasteiger partial charge in [0.25, 0.3) is 0 Å². The van der Waals surface area contributed by atoms with Crippen LogP contribution in [0, 0.1) is 0 Å². The van der Waals surface area contributed by atoms with Crippen LogP contribution in [-0.2, 0) is 6.61 Å². The van der Waals surface area contributed by atoms with E-state index in [0.29, 0.717) is 5.82 Å². The Morgan fingerprint density at radius 3 is 3.00 bits per heavy atom. The van der Waals surface area contributed by atoms with E-state index < -0.39 is 0 Å². The zero-order chi connectivity index (χ0) is 5.11. The number of aliphatic hydroxyl groups excluding tert-OH is 1. The van der Waals surface area contributed by atoms with E-state index in [2.05, 4.69) is 14.7 Å². The Morgan fingerprint density at radius 2 is 2.71 bits per heavy atom. The Balaban J connectivity index is 2.76. The van der Waals surface area contributed by atoms with Gasteiger partial charge in [0.15, 0.2) is 5.82 Å². The number of aliphatic hydroxyl groups is 1. The molecule has 0 aliphatic rings. The molecule has 1 heterocycles. The number of hydrogen-bond donors (Lipinski definition) is 1. The topological polar surface area (TPSA) is 59.2 Å². The summed E-state index contributed by atoms with van der Waals surface area (Å²) in [5.41, 5.74) is 0. The summed E-state index contributed by atoms with van der Waals surface area (Å²) < 4.78 is 4.28.